The first-order chi connectivity index (χ1) is 10.3. The van der Waals surface area contributed by atoms with Gasteiger partial charge < -0.3 is 15.8 Å². The summed E-state index contributed by atoms with van der Waals surface area (Å²) < 4.78 is 5.40. The highest BCUT2D eigenvalue weighted by Gasteiger charge is 2.02. The van der Waals surface area contributed by atoms with Gasteiger partial charge in [0.15, 0.2) is 6.61 Å². The average molecular weight is 285 g/mol. The van der Waals surface area contributed by atoms with Crippen molar-refractivity contribution in [3.8, 4) is 5.75 Å². The van der Waals surface area contributed by atoms with Crippen LogP contribution in [-0.4, -0.2) is 24.0 Å². The fraction of sp³-hybridized carbons (Fsp3) is 0.250. The van der Waals surface area contributed by atoms with Crippen molar-refractivity contribution in [2.24, 2.45) is 5.73 Å². The minimum Gasteiger partial charge on any atom is -0.484 e. The number of hydrogen-bond acceptors (Lipinski definition) is 4. The Labute approximate surface area is 124 Å². The first-order valence-electron chi connectivity index (χ1n) is 6.85. The van der Waals surface area contributed by atoms with E-state index in [1.165, 1.54) is 0 Å². The predicted octanol–water partition coefficient (Wildman–Crippen LogP) is 1.28. The van der Waals surface area contributed by atoms with E-state index in [1.54, 1.807) is 12.4 Å². The van der Waals surface area contributed by atoms with Gasteiger partial charge in [-0.1, -0.05) is 18.2 Å². The van der Waals surface area contributed by atoms with Crippen molar-refractivity contribution in [3.05, 3.63) is 59.9 Å². The number of ether oxygens (including phenoxy) is 1. The number of carbonyl (C=O) groups excluding carboxylic acids is 1. The number of benzene rings is 1. The van der Waals surface area contributed by atoms with Crippen molar-refractivity contribution in [1.82, 2.24) is 10.3 Å². The van der Waals surface area contributed by atoms with E-state index in [2.05, 4.69) is 10.3 Å². The van der Waals surface area contributed by atoms with Gasteiger partial charge in [0, 0.05) is 25.5 Å². The van der Waals surface area contributed by atoms with Crippen molar-refractivity contribution in [1.29, 1.82) is 0 Å². The van der Waals surface area contributed by atoms with Crippen LogP contribution in [0.15, 0.2) is 48.8 Å². The van der Waals surface area contributed by atoms with Crippen LogP contribution >= 0.6 is 0 Å². The molecule has 5 nitrogen and oxygen atoms in total. The number of amides is 1. The summed E-state index contributed by atoms with van der Waals surface area (Å²) in [5, 5.41) is 2.81. The van der Waals surface area contributed by atoms with Crippen molar-refractivity contribution < 1.29 is 9.53 Å². The molecule has 0 aliphatic carbocycles. The van der Waals surface area contributed by atoms with Crippen molar-refractivity contribution in [2.45, 2.75) is 13.0 Å². The average Bonchev–Trinajstić information content (AvgIpc) is 2.54. The molecule has 0 fully saturated rings. The normalized spacial score (nSPS) is 10.1. The van der Waals surface area contributed by atoms with Crippen LogP contribution in [0.1, 0.15) is 11.1 Å². The lowest BCUT2D eigenvalue weighted by Crippen LogP contribution is -2.30. The zero-order chi connectivity index (χ0) is 14.9. The highest BCUT2D eigenvalue weighted by molar-refractivity contribution is 5.77. The number of nitrogens with two attached hydrogens (primary N) is 1. The Hall–Kier alpha value is -2.40. The van der Waals surface area contributed by atoms with E-state index in [9.17, 15) is 4.79 Å². The Morgan fingerprint density at radius 2 is 2.00 bits per heavy atom. The summed E-state index contributed by atoms with van der Waals surface area (Å²) in [6.45, 7) is 1.07. The maximum atomic E-state index is 11.7. The van der Waals surface area contributed by atoms with E-state index in [4.69, 9.17) is 10.5 Å². The Morgan fingerprint density at radius 1 is 1.19 bits per heavy atom. The van der Waals surface area contributed by atoms with Crippen LogP contribution in [0.4, 0.5) is 0 Å². The molecule has 2 rings (SSSR count). The molecule has 0 spiro atoms. The van der Waals surface area contributed by atoms with Gasteiger partial charge in [0.1, 0.15) is 5.75 Å². The fourth-order valence-corrected chi connectivity index (χ4v) is 1.81. The molecule has 0 atom stereocenters. The van der Waals surface area contributed by atoms with E-state index < -0.39 is 0 Å². The van der Waals surface area contributed by atoms with E-state index in [1.807, 2.05) is 36.4 Å². The van der Waals surface area contributed by atoms with Gasteiger partial charge in [0.2, 0.25) is 0 Å². The number of nitrogens with zero attached hydrogens (tertiary/aromatic N) is 1. The van der Waals surface area contributed by atoms with Gasteiger partial charge in [-0.15, -0.1) is 0 Å². The predicted molar refractivity (Wildman–Crippen MR) is 80.8 cm³/mol. The molecule has 1 aromatic carbocycles. The summed E-state index contributed by atoms with van der Waals surface area (Å²) in [5.74, 6) is 0.524. The molecule has 0 bridgehead atoms. The number of rotatable bonds is 7. The molecule has 110 valence electrons. The summed E-state index contributed by atoms with van der Waals surface area (Å²) in [6.07, 6.45) is 4.28. The number of nitrogens with one attached hydrogen (secondary N) is 1. The molecule has 1 amide bonds. The topological polar surface area (TPSA) is 77.2 Å². The van der Waals surface area contributed by atoms with E-state index in [0.717, 1.165) is 17.5 Å². The van der Waals surface area contributed by atoms with Gasteiger partial charge >= 0.3 is 0 Å². The SMILES string of the molecule is NCc1ccc(OCC(=O)NCCc2cccnc2)cc1. The second-order valence-electron chi connectivity index (χ2n) is 4.60. The summed E-state index contributed by atoms with van der Waals surface area (Å²) in [6, 6.07) is 11.3. The zero-order valence-electron chi connectivity index (χ0n) is 11.8. The molecule has 0 aliphatic heterocycles. The van der Waals surface area contributed by atoms with Gasteiger partial charge in [-0.05, 0) is 35.7 Å². The monoisotopic (exact) mass is 285 g/mol. The minimum absolute atomic E-state index is 0.00894. The summed E-state index contributed by atoms with van der Waals surface area (Å²) in [7, 11) is 0. The van der Waals surface area contributed by atoms with Crippen molar-refractivity contribution in [3.63, 3.8) is 0 Å². The third kappa shape index (κ3) is 5.24. The summed E-state index contributed by atoms with van der Waals surface area (Å²) in [4.78, 5) is 15.7. The highest BCUT2D eigenvalue weighted by Crippen LogP contribution is 2.11. The second-order valence-corrected chi connectivity index (χ2v) is 4.60. The highest BCUT2D eigenvalue weighted by atomic mass is 16.5. The molecule has 21 heavy (non-hydrogen) atoms. The molecule has 1 heterocycles. The molecule has 0 saturated heterocycles. The van der Waals surface area contributed by atoms with Crippen LogP contribution in [0.5, 0.6) is 5.75 Å². The zero-order valence-corrected chi connectivity index (χ0v) is 11.8. The van der Waals surface area contributed by atoms with Gasteiger partial charge in [0.05, 0.1) is 0 Å². The molecule has 0 aliphatic rings. The van der Waals surface area contributed by atoms with Crippen LogP contribution in [-0.2, 0) is 17.8 Å². The standard InChI is InChI=1S/C16H19N3O2/c17-10-13-3-5-15(6-4-13)21-12-16(20)19-9-7-14-2-1-8-18-11-14/h1-6,8,11H,7,9-10,12,17H2,(H,19,20). The van der Waals surface area contributed by atoms with E-state index in [-0.39, 0.29) is 12.5 Å². The number of hydrogen-bond donors (Lipinski definition) is 2. The number of aromatic nitrogens is 1. The van der Waals surface area contributed by atoms with E-state index in [0.29, 0.717) is 18.8 Å². The first-order valence-corrected chi connectivity index (χ1v) is 6.85. The molecule has 1 aromatic heterocycles. The van der Waals surface area contributed by atoms with Crippen LogP contribution in [0.25, 0.3) is 0 Å². The van der Waals surface area contributed by atoms with Crippen LogP contribution in [0.3, 0.4) is 0 Å². The number of carbonyl (C=O) groups is 1. The lowest BCUT2D eigenvalue weighted by atomic mass is 10.2. The summed E-state index contributed by atoms with van der Waals surface area (Å²) in [5.41, 5.74) is 7.64. The molecule has 2 aromatic rings. The molecule has 0 saturated carbocycles. The Morgan fingerprint density at radius 3 is 2.67 bits per heavy atom. The van der Waals surface area contributed by atoms with Gasteiger partial charge in [-0.25, -0.2) is 0 Å². The summed E-state index contributed by atoms with van der Waals surface area (Å²) >= 11 is 0. The van der Waals surface area contributed by atoms with Crippen LogP contribution in [0.2, 0.25) is 0 Å². The molecule has 3 N–H and O–H groups in total. The quantitative estimate of drug-likeness (QED) is 0.803. The third-order valence-corrected chi connectivity index (χ3v) is 2.99. The van der Waals surface area contributed by atoms with Crippen LogP contribution in [0, 0.1) is 0 Å². The van der Waals surface area contributed by atoms with Gasteiger partial charge in [0.25, 0.3) is 5.91 Å². The lowest BCUT2D eigenvalue weighted by molar-refractivity contribution is -0.123. The Balaban J connectivity index is 1.67. The first kappa shape index (κ1) is 15.0. The smallest absolute Gasteiger partial charge is 0.257 e. The fourth-order valence-electron chi connectivity index (χ4n) is 1.81. The second kappa shape index (κ2) is 8.01. The minimum atomic E-state index is -0.137. The maximum absolute atomic E-state index is 11.7. The molecule has 0 unspecified atom stereocenters. The molecular formula is C16H19N3O2. The van der Waals surface area contributed by atoms with Crippen LogP contribution < -0.4 is 15.8 Å². The van der Waals surface area contributed by atoms with Crippen molar-refractivity contribution in [2.75, 3.05) is 13.2 Å². The lowest BCUT2D eigenvalue weighted by Gasteiger charge is -2.08. The van der Waals surface area contributed by atoms with Gasteiger partial charge in [-0.3, -0.25) is 9.78 Å². The Kier molecular flexibility index (Phi) is 5.72. The third-order valence-electron chi connectivity index (χ3n) is 2.99. The number of pyridine rings is 1. The van der Waals surface area contributed by atoms with Crippen molar-refractivity contribution >= 4 is 5.91 Å². The largest absolute Gasteiger partial charge is 0.484 e. The molecular weight excluding hydrogens is 266 g/mol. The maximum Gasteiger partial charge on any atom is 0.257 e. The Bertz CT molecular complexity index is 555. The molecule has 5 heteroatoms. The molecule has 0 radical (unpaired) electrons. The van der Waals surface area contributed by atoms with E-state index >= 15 is 0 Å². The van der Waals surface area contributed by atoms with Gasteiger partial charge in [-0.2, -0.15) is 0 Å².